The van der Waals surface area contributed by atoms with E-state index >= 15 is 0 Å². The van der Waals surface area contributed by atoms with Crippen LogP contribution in [0.3, 0.4) is 0 Å². The molecular formula is C27H25N3O3. The maximum absolute atomic E-state index is 13.3. The van der Waals surface area contributed by atoms with E-state index in [-0.39, 0.29) is 12.5 Å². The van der Waals surface area contributed by atoms with Crippen molar-refractivity contribution >= 4 is 28.5 Å². The van der Waals surface area contributed by atoms with Gasteiger partial charge in [0.1, 0.15) is 0 Å². The quantitative estimate of drug-likeness (QED) is 0.408. The van der Waals surface area contributed by atoms with E-state index in [0.717, 1.165) is 29.2 Å². The topological polar surface area (TPSA) is 87.3 Å². The summed E-state index contributed by atoms with van der Waals surface area (Å²) in [6.45, 7) is 1.65. The van der Waals surface area contributed by atoms with Crippen molar-refractivity contribution in [3.8, 4) is 12.3 Å². The van der Waals surface area contributed by atoms with Gasteiger partial charge in [-0.2, -0.15) is 0 Å². The molecule has 0 aromatic heterocycles. The number of rotatable bonds is 6. The lowest BCUT2D eigenvalue weighted by molar-refractivity contribution is -0.139. The van der Waals surface area contributed by atoms with Gasteiger partial charge in [-0.3, -0.25) is 14.4 Å². The van der Waals surface area contributed by atoms with E-state index < -0.39 is 23.4 Å². The van der Waals surface area contributed by atoms with Gasteiger partial charge in [-0.25, -0.2) is 0 Å². The number of benzene rings is 3. The van der Waals surface area contributed by atoms with Gasteiger partial charge in [0.2, 0.25) is 0 Å². The molecule has 6 nitrogen and oxygen atoms in total. The third kappa shape index (κ3) is 4.73. The Morgan fingerprint density at radius 1 is 0.970 bits per heavy atom. The lowest BCUT2D eigenvalue weighted by Gasteiger charge is -2.21. The Hall–Kier alpha value is -4.11. The Morgan fingerprint density at radius 3 is 2.42 bits per heavy atom. The van der Waals surface area contributed by atoms with Crippen LogP contribution in [0.15, 0.2) is 66.7 Å². The minimum absolute atomic E-state index is 0.0432. The molecule has 1 atom stereocenters. The van der Waals surface area contributed by atoms with Gasteiger partial charge < -0.3 is 16.0 Å². The van der Waals surface area contributed by atoms with Crippen LogP contribution in [-0.2, 0) is 21.7 Å². The summed E-state index contributed by atoms with van der Waals surface area (Å²) in [5, 5.41) is 10.5. The number of amides is 3. The molecule has 0 aliphatic heterocycles. The van der Waals surface area contributed by atoms with Crippen molar-refractivity contribution in [2.45, 2.75) is 37.9 Å². The normalized spacial score (nSPS) is 14.5. The van der Waals surface area contributed by atoms with Crippen LogP contribution in [0.25, 0.3) is 10.8 Å². The van der Waals surface area contributed by atoms with Crippen LogP contribution in [0.4, 0.5) is 0 Å². The molecule has 3 aromatic rings. The van der Waals surface area contributed by atoms with Gasteiger partial charge in [0, 0.05) is 12.1 Å². The molecule has 0 radical (unpaired) electrons. The van der Waals surface area contributed by atoms with Crippen molar-refractivity contribution in [1.82, 2.24) is 16.0 Å². The standard InChI is InChI=1S/C27H25N3O3/c1-3-18(2)29-26(33)25(32)28-17-20-10-5-7-13-22(20)24(31)30-27(15-16-27)23-14-8-11-19-9-4-6-12-21(19)23/h1,4-14,18H,15-17H2,2H3,(H,28,32)(H,29,33)(H,30,31)/t18-/m0/s1. The fourth-order valence-corrected chi connectivity index (χ4v) is 3.97. The second kappa shape index (κ2) is 9.17. The zero-order valence-corrected chi connectivity index (χ0v) is 18.4. The molecule has 0 heterocycles. The molecule has 166 valence electrons. The largest absolute Gasteiger partial charge is 0.344 e. The molecule has 0 spiro atoms. The van der Waals surface area contributed by atoms with Crippen molar-refractivity contribution in [1.29, 1.82) is 0 Å². The fraction of sp³-hybridized carbons (Fsp3) is 0.222. The molecule has 1 saturated carbocycles. The van der Waals surface area contributed by atoms with E-state index in [0.29, 0.717) is 11.1 Å². The molecule has 33 heavy (non-hydrogen) atoms. The molecule has 3 amide bonds. The van der Waals surface area contributed by atoms with Gasteiger partial charge in [-0.05, 0) is 47.7 Å². The molecule has 0 saturated heterocycles. The van der Waals surface area contributed by atoms with E-state index in [1.807, 2.05) is 18.2 Å². The Labute approximate surface area is 192 Å². The molecule has 3 N–H and O–H groups in total. The summed E-state index contributed by atoms with van der Waals surface area (Å²) in [7, 11) is 0. The number of hydrogen-bond donors (Lipinski definition) is 3. The second-order valence-electron chi connectivity index (χ2n) is 8.26. The molecule has 3 aromatic carbocycles. The highest BCUT2D eigenvalue weighted by Crippen LogP contribution is 2.48. The van der Waals surface area contributed by atoms with Gasteiger partial charge in [0.25, 0.3) is 5.91 Å². The molecule has 4 rings (SSSR count). The Kier molecular flexibility index (Phi) is 6.14. The highest BCUT2D eigenvalue weighted by atomic mass is 16.2. The lowest BCUT2D eigenvalue weighted by Crippen LogP contribution is -2.43. The summed E-state index contributed by atoms with van der Waals surface area (Å²) in [6.07, 6.45) is 6.95. The second-order valence-corrected chi connectivity index (χ2v) is 8.26. The van der Waals surface area contributed by atoms with Crippen molar-refractivity contribution in [3.05, 3.63) is 83.4 Å². The zero-order valence-electron chi connectivity index (χ0n) is 18.4. The highest BCUT2D eigenvalue weighted by molar-refractivity contribution is 6.35. The molecular weight excluding hydrogens is 414 g/mol. The monoisotopic (exact) mass is 439 g/mol. The Bertz CT molecular complexity index is 1270. The maximum atomic E-state index is 13.3. The third-order valence-corrected chi connectivity index (χ3v) is 5.91. The van der Waals surface area contributed by atoms with Gasteiger partial charge in [0.15, 0.2) is 0 Å². The van der Waals surface area contributed by atoms with E-state index in [1.165, 1.54) is 0 Å². The maximum Gasteiger partial charge on any atom is 0.310 e. The summed E-state index contributed by atoms with van der Waals surface area (Å²) in [5.41, 5.74) is 1.79. The average Bonchev–Trinajstić information content (AvgIpc) is 3.62. The molecule has 1 fully saturated rings. The van der Waals surface area contributed by atoms with Crippen LogP contribution < -0.4 is 16.0 Å². The number of carbonyl (C=O) groups is 3. The van der Waals surface area contributed by atoms with E-state index in [2.05, 4.69) is 46.1 Å². The van der Waals surface area contributed by atoms with Crippen molar-refractivity contribution < 1.29 is 14.4 Å². The number of carbonyl (C=O) groups excluding carboxylic acids is 3. The molecule has 1 aliphatic rings. The molecule has 0 unspecified atom stereocenters. The van der Waals surface area contributed by atoms with Crippen LogP contribution in [0.5, 0.6) is 0 Å². The average molecular weight is 440 g/mol. The summed E-state index contributed by atoms with van der Waals surface area (Å²) >= 11 is 0. The van der Waals surface area contributed by atoms with Crippen LogP contribution in [0, 0.1) is 12.3 Å². The number of nitrogens with one attached hydrogen (secondary N) is 3. The first kappa shape index (κ1) is 22.1. The third-order valence-electron chi connectivity index (χ3n) is 5.91. The smallest absolute Gasteiger partial charge is 0.310 e. The fourth-order valence-electron chi connectivity index (χ4n) is 3.97. The van der Waals surface area contributed by atoms with Crippen molar-refractivity contribution in [3.63, 3.8) is 0 Å². The minimum Gasteiger partial charge on any atom is -0.344 e. The predicted octanol–water partition coefficient (Wildman–Crippen LogP) is 3.01. The van der Waals surface area contributed by atoms with Crippen LogP contribution in [-0.4, -0.2) is 23.8 Å². The summed E-state index contributed by atoms with van der Waals surface area (Å²) < 4.78 is 0. The van der Waals surface area contributed by atoms with Crippen LogP contribution in [0.1, 0.15) is 41.3 Å². The first-order valence-electron chi connectivity index (χ1n) is 10.9. The van der Waals surface area contributed by atoms with Gasteiger partial charge in [0.05, 0.1) is 11.6 Å². The Balaban J connectivity index is 1.49. The highest BCUT2D eigenvalue weighted by Gasteiger charge is 2.46. The first-order chi connectivity index (χ1) is 15.9. The lowest BCUT2D eigenvalue weighted by atomic mass is 9.96. The summed E-state index contributed by atoms with van der Waals surface area (Å²) in [5.74, 6) is 0.510. The van der Waals surface area contributed by atoms with Gasteiger partial charge in [-0.1, -0.05) is 66.6 Å². The Morgan fingerprint density at radius 2 is 1.67 bits per heavy atom. The number of fused-ring (bicyclic) bond motifs is 1. The van der Waals surface area contributed by atoms with Crippen molar-refractivity contribution in [2.24, 2.45) is 0 Å². The molecule has 6 heteroatoms. The molecule has 1 aliphatic carbocycles. The number of terminal acetylenes is 1. The summed E-state index contributed by atoms with van der Waals surface area (Å²) in [6, 6.07) is 20.8. The summed E-state index contributed by atoms with van der Waals surface area (Å²) in [4.78, 5) is 37.3. The van der Waals surface area contributed by atoms with Crippen LogP contribution in [0.2, 0.25) is 0 Å². The van der Waals surface area contributed by atoms with E-state index in [1.54, 1.807) is 31.2 Å². The minimum atomic E-state index is -0.810. The van der Waals surface area contributed by atoms with E-state index in [9.17, 15) is 14.4 Å². The van der Waals surface area contributed by atoms with Crippen molar-refractivity contribution in [2.75, 3.05) is 0 Å². The van der Waals surface area contributed by atoms with Gasteiger partial charge in [-0.15, -0.1) is 6.42 Å². The van der Waals surface area contributed by atoms with Gasteiger partial charge >= 0.3 is 11.8 Å². The number of hydrogen-bond acceptors (Lipinski definition) is 3. The van der Waals surface area contributed by atoms with Crippen LogP contribution >= 0.6 is 0 Å². The zero-order chi connectivity index (χ0) is 23.4. The van der Waals surface area contributed by atoms with E-state index in [4.69, 9.17) is 6.42 Å². The first-order valence-corrected chi connectivity index (χ1v) is 10.9. The molecule has 0 bridgehead atoms. The SMILES string of the molecule is C#C[C@H](C)NC(=O)C(=O)NCc1ccccc1C(=O)NC1(c2cccc3ccccc23)CC1. The predicted molar refractivity (Wildman–Crippen MR) is 127 cm³/mol.